The van der Waals surface area contributed by atoms with E-state index < -0.39 is 0 Å². The largest absolute Gasteiger partial charge is 0.359 e. The number of hydrogen-bond donors (Lipinski definition) is 0. The van der Waals surface area contributed by atoms with Crippen LogP contribution in [0.5, 0.6) is 0 Å². The van der Waals surface area contributed by atoms with Gasteiger partial charge in [0.2, 0.25) is 0 Å². The Morgan fingerprint density at radius 3 is 2.19 bits per heavy atom. The van der Waals surface area contributed by atoms with E-state index in [2.05, 4.69) is 24.3 Å². The van der Waals surface area contributed by atoms with Crippen molar-refractivity contribution in [3.05, 3.63) is 58.1 Å². The lowest BCUT2D eigenvalue weighted by Crippen LogP contribution is -2.12. The van der Waals surface area contributed by atoms with Gasteiger partial charge in [0.05, 0.1) is 0 Å². The average molecular weight is 276 g/mol. The molecule has 2 aromatic carbocycles. The second-order valence-corrected chi connectivity index (χ2v) is 6.31. The Kier molecular flexibility index (Phi) is 1.58. The van der Waals surface area contributed by atoms with Crippen LogP contribution < -0.4 is 0 Å². The van der Waals surface area contributed by atoms with Gasteiger partial charge >= 0.3 is 0 Å². The maximum atomic E-state index is 12.0. The van der Waals surface area contributed by atoms with Gasteiger partial charge in [-0.05, 0) is 34.7 Å². The maximum Gasteiger partial charge on any atom is 0.160 e. The highest BCUT2D eigenvalue weighted by molar-refractivity contribution is 6.00. The van der Waals surface area contributed by atoms with E-state index in [1.54, 1.807) is 6.92 Å². The lowest BCUT2D eigenvalue weighted by molar-refractivity contribution is 0.101. The van der Waals surface area contributed by atoms with Crippen molar-refractivity contribution in [2.45, 2.75) is 31.3 Å². The van der Waals surface area contributed by atoms with E-state index in [1.807, 2.05) is 6.07 Å². The number of rotatable bonds is 1. The van der Waals surface area contributed by atoms with Gasteiger partial charge in [0.25, 0.3) is 0 Å². The minimum absolute atomic E-state index is 0.0527. The SMILES string of the molecule is CC(=O)c1ccc2c3c1[C@@H]1O[C@@H]1c1cccc(c1-3)[C@H]1O[C@@H]21. The summed E-state index contributed by atoms with van der Waals surface area (Å²) in [5.41, 5.74) is 8.14. The van der Waals surface area contributed by atoms with Gasteiger partial charge in [0.15, 0.2) is 5.78 Å². The summed E-state index contributed by atoms with van der Waals surface area (Å²) in [6, 6.07) is 10.4. The Hall–Kier alpha value is -1.97. The van der Waals surface area contributed by atoms with Crippen molar-refractivity contribution in [3.63, 3.8) is 0 Å². The predicted octanol–water partition coefficient (Wildman–Crippen LogP) is 3.81. The molecule has 0 saturated carbocycles. The van der Waals surface area contributed by atoms with Crippen LogP contribution in [0, 0.1) is 0 Å². The fourth-order valence-corrected chi connectivity index (χ4v) is 4.26. The number of epoxide rings is 2. The molecule has 3 nitrogen and oxygen atoms in total. The van der Waals surface area contributed by atoms with Crippen LogP contribution in [0.25, 0.3) is 11.1 Å². The molecule has 2 saturated heterocycles. The van der Waals surface area contributed by atoms with Crippen molar-refractivity contribution in [2.75, 3.05) is 0 Å². The first-order valence-corrected chi connectivity index (χ1v) is 7.37. The first kappa shape index (κ1) is 10.7. The molecule has 0 unspecified atom stereocenters. The number of hydrogen-bond acceptors (Lipinski definition) is 3. The summed E-state index contributed by atoms with van der Waals surface area (Å²) in [6.07, 6.45) is 0.532. The molecule has 4 atom stereocenters. The first-order chi connectivity index (χ1) is 10.3. The number of carbonyl (C=O) groups is 1. The normalized spacial score (nSPS) is 31.9. The molecule has 2 heterocycles. The second kappa shape index (κ2) is 3.11. The van der Waals surface area contributed by atoms with Gasteiger partial charge in [0.1, 0.15) is 24.4 Å². The minimum atomic E-state index is 0.0527. The third-order valence-corrected chi connectivity index (χ3v) is 5.22. The number of ether oxygens (including phenoxy) is 2. The molecule has 102 valence electrons. The van der Waals surface area contributed by atoms with Gasteiger partial charge in [-0.2, -0.15) is 0 Å². The zero-order valence-corrected chi connectivity index (χ0v) is 11.4. The molecule has 2 aliphatic carbocycles. The Balaban J connectivity index is 1.81. The number of benzene rings is 2. The van der Waals surface area contributed by atoms with Crippen LogP contribution in [0.1, 0.15) is 64.0 Å². The van der Waals surface area contributed by atoms with E-state index in [4.69, 9.17) is 9.47 Å². The highest BCUT2D eigenvalue weighted by Gasteiger charge is 2.56. The van der Waals surface area contributed by atoms with Gasteiger partial charge in [0, 0.05) is 11.1 Å². The molecule has 2 aliphatic heterocycles. The summed E-state index contributed by atoms with van der Waals surface area (Å²) >= 11 is 0. The van der Waals surface area contributed by atoms with Gasteiger partial charge in [-0.3, -0.25) is 4.79 Å². The van der Waals surface area contributed by atoms with Crippen LogP contribution in [0.4, 0.5) is 0 Å². The Labute approximate surface area is 121 Å². The van der Waals surface area contributed by atoms with E-state index >= 15 is 0 Å². The number of Topliss-reactive ketones (excluding diaryl/α,β-unsaturated/α-hetero) is 1. The summed E-state index contributed by atoms with van der Waals surface area (Å²) in [6.45, 7) is 1.64. The van der Waals surface area contributed by atoms with Crippen LogP contribution in [0.3, 0.4) is 0 Å². The van der Waals surface area contributed by atoms with Crippen LogP contribution in [-0.2, 0) is 9.47 Å². The molecule has 21 heavy (non-hydrogen) atoms. The fraction of sp³-hybridized carbons (Fsp3) is 0.278. The van der Waals surface area contributed by atoms with Crippen molar-refractivity contribution in [2.24, 2.45) is 0 Å². The molecule has 2 aromatic rings. The molecule has 3 heteroatoms. The monoisotopic (exact) mass is 276 g/mol. The smallest absolute Gasteiger partial charge is 0.160 e. The molecular weight excluding hydrogens is 264 g/mol. The number of ketones is 1. The molecule has 0 N–H and O–H groups in total. The van der Waals surface area contributed by atoms with Crippen molar-refractivity contribution >= 4 is 5.78 Å². The maximum absolute atomic E-state index is 12.0. The molecule has 0 radical (unpaired) electrons. The van der Waals surface area contributed by atoms with E-state index in [1.165, 1.54) is 27.8 Å². The van der Waals surface area contributed by atoms with Crippen LogP contribution in [0.2, 0.25) is 0 Å². The Morgan fingerprint density at radius 2 is 1.48 bits per heavy atom. The highest BCUT2D eigenvalue weighted by Crippen LogP contribution is 2.68. The summed E-state index contributed by atoms with van der Waals surface area (Å²) in [5.74, 6) is 0.113. The van der Waals surface area contributed by atoms with Crippen molar-refractivity contribution in [1.29, 1.82) is 0 Å². The molecule has 0 amide bonds. The van der Waals surface area contributed by atoms with Gasteiger partial charge < -0.3 is 9.47 Å². The number of fused-ring (bicyclic) bond motifs is 6. The van der Waals surface area contributed by atoms with E-state index in [9.17, 15) is 4.79 Å². The van der Waals surface area contributed by atoms with Crippen LogP contribution in [0.15, 0.2) is 30.3 Å². The average Bonchev–Trinajstić information content (AvgIpc) is 3.36. The summed E-state index contributed by atoms with van der Waals surface area (Å²) in [7, 11) is 0. The molecule has 0 bridgehead atoms. The quantitative estimate of drug-likeness (QED) is 0.587. The minimum Gasteiger partial charge on any atom is -0.359 e. The zero-order valence-electron chi connectivity index (χ0n) is 11.4. The van der Waals surface area contributed by atoms with Gasteiger partial charge in [-0.1, -0.05) is 30.3 Å². The van der Waals surface area contributed by atoms with Crippen molar-refractivity contribution in [3.8, 4) is 11.1 Å². The lowest BCUT2D eigenvalue weighted by atomic mass is 9.74. The first-order valence-electron chi connectivity index (χ1n) is 7.37. The molecular formula is C18H12O3. The van der Waals surface area contributed by atoms with E-state index in [-0.39, 0.29) is 30.2 Å². The fourth-order valence-electron chi connectivity index (χ4n) is 4.26. The molecule has 2 fully saturated rings. The molecule has 0 spiro atoms. The van der Waals surface area contributed by atoms with Gasteiger partial charge in [-0.25, -0.2) is 0 Å². The van der Waals surface area contributed by atoms with Crippen molar-refractivity contribution < 1.29 is 14.3 Å². The second-order valence-electron chi connectivity index (χ2n) is 6.31. The standard InChI is InChI=1S/C18H12O3/c1-7(19)8-5-6-11-13-12-9(15-16(11)20-15)3-2-4-10(12)17-18(21-17)14(8)13/h2-6,15-18H,1H3/t15-,16+,17-,18+/m1/s1. The molecule has 4 aliphatic rings. The summed E-state index contributed by atoms with van der Waals surface area (Å²) in [4.78, 5) is 12.0. The summed E-state index contributed by atoms with van der Waals surface area (Å²) in [5, 5.41) is 0. The number of carbonyl (C=O) groups excluding carboxylic acids is 1. The molecule has 0 aromatic heterocycles. The third kappa shape index (κ3) is 1.10. The van der Waals surface area contributed by atoms with Gasteiger partial charge in [-0.15, -0.1) is 0 Å². The topological polar surface area (TPSA) is 42.1 Å². The Morgan fingerprint density at radius 1 is 0.857 bits per heavy atom. The zero-order chi connectivity index (χ0) is 13.9. The highest BCUT2D eigenvalue weighted by atomic mass is 16.6. The van der Waals surface area contributed by atoms with E-state index in [0.717, 1.165) is 11.1 Å². The summed E-state index contributed by atoms with van der Waals surface area (Å²) < 4.78 is 11.8. The third-order valence-electron chi connectivity index (χ3n) is 5.22. The van der Waals surface area contributed by atoms with Crippen LogP contribution >= 0.6 is 0 Å². The Bertz CT molecular complexity index is 853. The molecule has 6 rings (SSSR count). The van der Waals surface area contributed by atoms with E-state index in [0.29, 0.717) is 0 Å². The predicted molar refractivity (Wildman–Crippen MR) is 75.0 cm³/mol. The van der Waals surface area contributed by atoms with Crippen molar-refractivity contribution in [1.82, 2.24) is 0 Å². The lowest BCUT2D eigenvalue weighted by Gasteiger charge is -2.26. The van der Waals surface area contributed by atoms with Crippen LogP contribution in [-0.4, -0.2) is 5.78 Å².